The molecule has 0 aromatic heterocycles. The van der Waals surface area contributed by atoms with Crippen molar-refractivity contribution < 1.29 is 5.11 Å². The van der Waals surface area contributed by atoms with E-state index < -0.39 is 0 Å². The van der Waals surface area contributed by atoms with Gasteiger partial charge in [-0.15, -0.1) is 0 Å². The fourth-order valence-corrected chi connectivity index (χ4v) is 2.85. The zero-order valence-corrected chi connectivity index (χ0v) is 9.53. The van der Waals surface area contributed by atoms with Gasteiger partial charge in [0.05, 0.1) is 6.10 Å². The van der Waals surface area contributed by atoms with E-state index in [0.29, 0.717) is 0 Å². The van der Waals surface area contributed by atoms with Crippen LogP contribution in [0.2, 0.25) is 0 Å². The zero-order valence-electron chi connectivity index (χ0n) is 9.53. The van der Waals surface area contributed by atoms with E-state index in [-0.39, 0.29) is 6.10 Å². The number of benzene rings is 2. The minimum absolute atomic E-state index is 0.257. The van der Waals surface area contributed by atoms with Crippen molar-refractivity contribution in [2.45, 2.75) is 32.3 Å². The maximum absolute atomic E-state index is 10.0. The van der Waals surface area contributed by atoms with Crippen molar-refractivity contribution in [1.82, 2.24) is 0 Å². The van der Waals surface area contributed by atoms with Crippen molar-refractivity contribution in [3.63, 3.8) is 0 Å². The normalized spacial score (nSPS) is 19.8. The third kappa shape index (κ3) is 1.35. The molecule has 0 amide bonds. The summed E-state index contributed by atoms with van der Waals surface area (Å²) in [6, 6.07) is 10.7. The van der Waals surface area contributed by atoms with Crippen LogP contribution in [0.4, 0.5) is 0 Å². The molecule has 0 radical (unpaired) electrons. The molecule has 1 N–H and O–H groups in total. The lowest BCUT2D eigenvalue weighted by atomic mass is 9.84. The average Bonchev–Trinajstić information content (AvgIpc) is 2.31. The maximum Gasteiger partial charge on any atom is 0.0793 e. The van der Waals surface area contributed by atoms with E-state index in [2.05, 4.69) is 37.3 Å². The van der Waals surface area contributed by atoms with Gasteiger partial charge in [-0.25, -0.2) is 0 Å². The lowest BCUT2D eigenvalue weighted by Gasteiger charge is -2.24. The van der Waals surface area contributed by atoms with Gasteiger partial charge < -0.3 is 5.11 Å². The lowest BCUT2D eigenvalue weighted by molar-refractivity contribution is 0.157. The van der Waals surface area contributed by atoms with Crippen LogP contribution < -0.4 is 0 Å². The van der Waals surface area contributed by atoms with Gasteiger partial charge in [-0.1, -0.05) is 30.3 Å². The number of aliphatic hydroxyl groups is 1. The predicted molar refractivity (Wildman–Crippen MR) is 66.6 cm³/mol. The highest BCUT2D eigenvalue weighted by Gasteiger charge is 2.20. The van der Waals surface area contributed by atoms with Gasteiger partial charge in [0, 0.05) is 0 Å². The van der Waals surface area contributed by atoms with Gasteiger partial charge in [0.2, 0.25) is 0 Å². The molecule has 0 aliphatic heterocycles. The van der Waals surface area contributed by atoms with Crippen LogP contribution in [0.25, 0.3) is 10.8 Å². The second kappa shape index (κ2) is 3.60. The molecule has 16 heavy (non-hydrogen) atoms. The van der Waals surface area contributed by atoms with E-state index in [1.54, 1.807) is 0 Å². The molecule has 0 saturated carbocycles. The molecule has 0 bridgehead atoms. The van der Waals surface area contributed by atoms with Crippen LogP contribution in [-0.2, 0) is 6.42 Å². The Morgan fingerprint density at radius 3 is 2.75 bits per heavy atom. The summed E-state index contributed by atoms with van der Waals surface area (Å²) >= 11 is 0. The monoisotopic (exact) mass is 212 g/mol. The van der Waals surface area contributed by atoms with Gasteiger partial charge in [0.25, 0.3) is 0 Å². The number of aliphatic hydroxyl groups excluding tert-OH is 1. The quantitative estimate of drug-likeness (QED) is 0.708. The van der Waals surface area contributed by atoms with E-state index in [9.17, 15) is 5.11 Å². The number of rotatable bonds is 0. The molecule has 2 aromatic carbocycles. The number of hydrogen-bond acceptors (Lipinski definition) is 1. The average molecular weight is 212 g/mol. The first-order chi connectivity index (χ1) is 7.77. The van der Waals surface area contributed by atoms with Gasteiger partial charge >= 0.3 is 0 Å². The van der Waals surface area contributed by atoms with Crippen molar-refractivity contribution in [2.75, 3.05) is 0 Å². The van der Waals surface area contributed by atoms with E-state index in [1.807, 2.05) is 0 Å². The number of aryl methyl sites for hydroxylation is 2. The Bertz CT molecular complexity index is 542. The summed E-state index contributed by atoms with van der Waals surface area (Å²) in [4.78, 5) is 0. The van der Waals surface area contributed by atoms with Crippen molar-refractivity contribution in [3.8, 4) is 0 Å². The van der Waals surface area contributed by atoms with Crippen LogP contribution in [0.5, 0.6) is 0 Å². The first-order valence-corrected chi connectivity index (χ1v) is 5.96. The second-order valence-corrected chi connectivity index (χ2v) is 4.71. The first kappa shape index (κ1) is 9.86. The molecule has 0 unspecified atom stereocenters. The summed E-state index contributed by atoms with van der Waals surface area (Å²) in [7, 11) is 0. The van der Waals surface area contributed by atoms with Crippen molar-refractivity contribution in [1.29, 1.82) is 0 Å². The Kier molecular flexibility index (Phi) is 2.22. The van der Waals surface area contributed by atoms with Crippen LogP contribution >= 0.6 is 0 Å². The Labute approximate surface area is 95.7 Å². The van der Waals surface area contributed by atoms with E-state index in [1.165, 1.54) is 21.9 Å². The fraction of sp³-hybridized carbons (Fsp3) is 0.333. The van der Waals surface area contributed by atoms with Crippen molar-refractivity contribution in [2.24, 2.45) is 0 Å². The molecule has 0 saturated heterocycles. The maximum atomic E-state index is 10.0. The zero-order chi connectivity index (χ0) is 11.1. The molecular weight excluding hydrogens is 196 g/mol. The van der Waals surface area contributed by atoms with Crippen LogP contribution in [0.1, 0.15) is 35.6 Å². The number of fused-ring (bicyclic) bond motifs is 3. The SMILES string of the molecule is Cc1cc2c(c3ccccc13)CCC[C@H]2O. The molecule has 1 heteroatoms. The Morgan fingerprint density at radius 2 is 1.94 bits per heavy atom. The van der Waals surface area contributed by atoms with Gasteiger partial charge in [0.1, 0.15) is 0 Å². The number of hydrogen-bond donors (Lipinski definition) is 1. The van der Waals surface area contributed by atoms with Gasteiger partial charge in [0.15, 0.2) is 0 Å². The molecular formula is C15H16O. The third-order valence-electron chi connectivity index (χ3n) is 3.66. The van der Waals surface area contributed by atoms with E-state index in [4.69, 9.17) is 0 Å². The minimum atomic E-state index is -0.257. The molecule has 0 fully saturated rings. The lowest BCUT2D eigenvalue weighted by Crippen LogP contribution is -2.10. The molecule has 1 nitrogen and oxygen atoms in total. The molecule has 1 aliphatic rings. The summed E-state index contributed by atoms with van der Waals surface area (Å²) in [5.41, 5.74) is 3.79. The van der Waals surface area contributed by atoms with Crippen LogP contribution in [-0.4, -0.2) is 5.11 Å². The molecule has 1 atom stereocenters. The Hall–Kier alpha value is -1.34. The highest BCUT2D eigenvalue weighted by Crippen LogP contribution is 2.36. The summed E-state index contributed by atoms with van der Waals surface area (Å²) < 4.78 is 0. The predicted octanol–water partition coefficient (Wildman–Crippen LogP) is 3.52. The van der Waals surface area contributed by atoms with E-state index in [0.717, 1.165) is 24.8 Å². The van der Waals surface area contributed by atoms with E-state index >= 15 is 0 Å². The third-order valence-corrected chi connectivity index (χ3v) is 3.66. The molecule has 0 spiro atoms. The molecule has 2 aromatic rings. The Morgan fingerprint density at radius 1 is 1.19 bits per heavy atom. The topological polar surface area (TPSA) is 20.2 Å². The van der Waals surface area contributed by atoms with Gasteiger partial charge in [-0.2, -0.15) is 0 Å². The van der Waals surface area contributed by atoms with Crippen molar-refractivity contribution in [3.05, 3.63) is 47.0 Å². The summed E-state index contributed by atoms with van der Waals surface area (Å²) in [6.45, 7) is 2.13. The first-order valence-electron chi connectivity index (χ1n) is 5.96. The second-order valence-electron chi connectivity index (χ2n) is 4.71. The molecule has 82 valence electrons. The fourth-order valence-electron chi connectivity index (χ4n) is 2.85. The standard InChI is InChI=1S/C15H16O/c1-10-9-14-13(7-4-8-15(14)16)12-6-3-2-5-11(10)12/h2-3,5-6,9,15-16H,4,7-8H2,1H3/t15-/m1/s1. The molecule has 0 heterocycles. The summed E-state index contributed by atoms with van der Waals surface area (Å²) in [5, 5.41) is 12.7. The van der Waals surface area contributed by atoms with Crippen LogP contribution in [0.3, 0.4) is 0 Å². The highest BCUT2D eigenvalue weighted by atomic mass is 16.3. The molecule has 1 aliphatic carbocycles. The summed E-state index contributed by atoms with van der Waals surface area (Å²) in [5.74, 6) is 0. The minimum Gasteiger partial charge on any atom is -0.388 e. The van der Waals surface area contributed by atoms with Crippen molar-refractivity contribution >= 4 is 10.8 Å². The summed E-state index contributed by atoms with van der Waals surface area (Å²) in [6.07, 6.45) is 2.85. The van der Waals surface area contributed by atoms with Gasteiger partial charge in [-0.05, 0) is 53.6 Å². The Balaban J connectivity index is 2.38. The van der Waals surface area contributed by atoms with Crippen LogP contribution in [0.15, 0.2) is 30.3 Å². The van der Waals surface area contributed by atoms with Crippen LogP contribution in [0, 0.1) is 6.92 Å². The highest BCUT2D eigenvalue weighted by molar-refractivity contribution is 5.89. The smallest absolute Gasteiger partial charge is 0.0793 e. The molecule has 3 rings (SSSR count). The largest absolute Gasteiger partial charge is 0.388 e. The van der Waals surface area contributed by atoms with Gasteiger partial charge in [-0.3, -0.25) is 0 Å².